The second kappa shape index (κ2) is 6.84. The fourth-order valence-electron chi connectivity index (χ4n) is 2.89. The maximum Gasteiger partial charge on any atom is 0.229 e. The molecule has 1 saturated heterocycles. The van der Waals surface area contributed by atoms with E-state index in [0.717, 1.165) is 42.5 Å². The highest BCUT2D eigenvalue weighted by Gasteiger charge is 2.17. The van der Waals surface area contributed by atoms with E-state index in [0.29, 0.717) is 32.3 Å². The van der Waals surface area contributed by atoms with Crippen molar-refractivity contribution >= 4 is 23.9 Å². The summed E-state index contributed by atoms with van der Waals surface area (Å²) in [4.78, 5) is 23.6. The maximum absolute atomic E-state index is 10.8. The van der Waals surface area contributed by atoms with Gasteiger partial charge < -0.3 is 24.6 Å². The van der Waals surface area contributed by atoms with Gasteiger partial charge in [0.2, 0.25) is 12.4 Å². The molecule has 1 amide bonds. The number of hydrogen-bond acceptors (Lipinski definition) is 7. The molecule has 0 aliphatic carbocycles. The van der Waals surface area contributed by atoms with Crippen molar-refractivity contribution in [3.63, 3.8) is 0 Å². The van der Waals surface area contributed by atoms with Crippen LogP contribution in [0.15, 0.2) is 30.5 Å². The fraction of sp³-hybridized carbons (Fsp3) is 0.353. The molecule has 0 radical (unpaired) electrons. The van der Waals surface area contributed by atoms with Crippen LogP contribution in [-0.2, 0) is 4.79 Å². The third-order valence-corrected chi connectivity index (χ3v) is 4.23. The maximum atomic E-state index is 10.8. The molecule has 2 aromatic rings. The summed E-state index contributed by atoms with van der Waals surface area (Å²) >= 11 is 0. The lowest BCUT2D eigenvalue weighted by molar-refractivity contribution is -0.118. The summed E-state index contributed by atoms with van der Waals surface area (Å²) in [5.41, 5.74) is 0.840. The van der Waals surface area contributed by atoms with Crippen molar-refractivity contribution in [3.8, 4) is 11.5 Å². The van der Waals surface area contributed by atoms with E-state index in [-0.39, 0.29) is 0 Å². The van der Waals surface area contributed by atoms with Crippen LogP contribution in [0.5, 0.6) is 11.5 Å². The van der Waals surface area contributed by atoms with Crippen molar-refractivity contribution in [2.24, 2.45) is 0 Å². The largest absolute Gasteiger partial charge is 0.486 e. The molecule has 3 heterocycles. The van der Waals surface area contributed by atoms with Crippen LogP contribution in [0.25, 0.3) is 0 Å². The van der Waals surface area contributed by atoms with Crippen molar-refractivity contribution in [2.45, 2.75) is 0 Å². The minimum absolute atomic E-state index is 0.520. The minimum atomic E-state index is 0.520. The lowest BCUT2D eigenvalue weighted by atomic mass is 10.2. The molecule has 2 aliphatic heterocycles. The highest BCUT2D eigenvalue weighted by atomic mass is 16.6. The zero-order chi connectivity index (χ0) is 17.1. The van der Waals surface area contributed by atoms with Gasteiger partial charge in [-0.1, -0.05) is 0 Å². The van der Waals surface area contributed by atoms with E-state index in [2.05, 4.69) is 20.2 Å². The summed E-state index contributed by atoms with van der Waals surface area (Å²) in [6, 6.07) is 7.55. The Bertz CT molecular complexity index is 762. The second-order valence-corrected chi connectivity index (χ2v) is 5.85. The van der Waals surface area contributed by atoms with E-state index in [1.165, 1.54) is 0 Å². The standard InChI is InChI=1S/C17H19N5O3/c23-12-21-5-7-22(8-6-21)16-3-4-18-17(20-16)19-13-1-2-14-15(11-13)25-10-9-24-14/h1-4,11-12H,5-10H2,(H,18,19,20). The fourth-order valence-corrected chi connectivity index (χ4v) is 2.89. The van der Waals surface area contributed by atoms with Crippen LogP contribution in [0.1, 0.15) is 0 Å². The molecule has 4 rings (SSSR count). The normalized spacial score (nSPS) is 16.5. The van der Waals surface area contributed by atoms with Gasteiger partial charge in [-0.05, 0) is 18.2 Å². The topological polar surface area (TPSA) is 79.8 Å². The third kappa shape index (κ3) is 3.42. The summed E-state index contributed by atoms with van der Waals surface area (Å²) in [6.45, 7) is 4.06. The highest BCUT2D eigenvalue weighted by molar-refractivity contribution is 5.61. The number of ether oxygens (including phenoxy) is 2. The van der Waals surface area contributed by atoms with Crippen molar-refractivity contribution in [1.82, 2.24) is 14.9 Å². The van der Waals surface area contributed by atoms with Crippen LogP contribution in [0.2, 0.25) is 0 Å². The van der Waals surface area contributed by atoms with Crippen LogP contribution in [0.4, 0.5) is 17.5 Å². The molecule has 1 aromatic heterocycles. The predicted molar refractivity (Wildman–Crippen MR) is 92.6 cm³/mol. The number of carbonyl (C=O) groups excluding carboxylic acids is 1. The molecule has 8 heteroatoms. The Morgan fingerprint density at radius 1 is 1.04 bits per heavy atom. The first-order valence-electron chi connectivity index (χ1n) is 8.26. The first kappa shape index (κ1) is 15.5. The number of nitrogens with zero attached hydrogens (tertiary/aromatic N) is 4. The van der Waals surface area contributed by atoms with Gasteiger partial charge in [-0.3, -0.25) is 4.79 Å². The molecule has 1 aromatic carbocycles. The first-order chi connectivity index (χ1) is 12.3. The van der Waals surface area contributed by atoms with Gasteiger partial charge in [0.15, 0.2) is 11.5 Å². The number of carbonyl (C=O) groups is 1. The Kier molecular flexibility index (Phi) is 4.24. The van der Waals surface area contributed by atoms with Crippen LogP contribution in [0.3, 0.4) is 0 Å². The van der Waals surface area contributed by atoms with Gasteiger partial charge in [-0.15, -0.1) is 0 Å². The zero-order valence-corrected chi connectivity index (χ0v) is 13.7. The molecule has 130 valence electrons. The molecule has 0 saturated carbocycles. The summed E-state index contributed by atoms with van der Waals surface area (Å²) in [7, 11) is 0. The van der Waals surface area contributed by atoms with E-state index in [9.17, 15) is 4.79 Å². The van der Waals surface area contributed by atoms with Crippen molar-refractivity contribution < 1.29 is 14.3 Å². The van der Waals surface area contributed by atoms with Crippen molar-refractivity contribution in [3.05, 3.63) is 30.5 Å². The predicted octanol–water partition coefficient (Wildman–Crippen LogP) is 1.27. The van der Waals surface area contributed by atoms with Gasteiger partial charge in [0, 0.05) is 44.1 Å². The monoisotopic (exact) mass is 341 g/mol. The number of hydrogen-bond donors (Lipinski definition) is 1. The van der Waals surface area contributed by atoms with Gasteiger partial charge in [-0.25, -0.2) is 4.98 Å². The highest BCUT2D eigenvalue weighted by Crippen LogP contribution is 2.33. The number of rotatable bonds is 4. The van der Waals surface area contributed by atoms with Crippen LogP contribution < -0.4 is 19.7 Å². The summed E-state index contributed by atoms with van der Waals surface area (Å²) in [5.74, 6) is 2.84. The quantitative estimate of drug-likeness (QED) is 0.839. The lowest BCUT2D eigenvalue weighted by Crippen LogP contribution is -2.46. The Hall–Kier alpha value is -3.03. The number of fused-ring (bicyclic) bond motifs is 1. The number of aromatic nitrogens is 2. The van der Waals surface area contributed by atoms with Crippen molar-refractivity contribution in [1.29, 1.82) is 0 Å². The molecular weight excluding hydrogens is 322 g/mol. The Labute approximate surface area is 145 Å². The first-order valence-corrected chi connectivity index (χ1v) is 8.26. The number of nitrogens with one attached hydrogen (secondary N) is 1. The molecule has 1 fully saturated rings. The summed E-state index contributed by atoms with van der Waals surface area (Å²) < 4.78 is 11.1. The summed E-state index contributed by atoms with van der Waals surface area (Å²) in [5, 5.41) is 3.20. The second-order valence-electron chi connectivity index (χ2n) is 5.85. The van der Waals surface area contributed by atoms with Gasteiger partial charge in [0.25, 0.3) is 0 Å². The van der Waals surface area contributed by atoms with Gasteiger partial charge in [-0.2, -0.15) is 4.98 Å². The van der Waals surface area contributed by atoms with E-state index >= 15 is 0 Å². The average Bonchev–Trinajstić information content (AvgIpc) is 2.68. The van der Waals surface area contributed by atoms with Crippen LogP contribution >= 0.6 is 0 Å². The molecule has 2 aliphatic rings. The molecule has 0 unspecified atom stereocenters. The van der Waals surface area contributed by atoms with E-state index in [4.69, 9.17) is 9.47 Å². The SMILES string of the molecule is O=CN1CCN(c2ccnc(Nc3ccc4c(c3)OCCO4)n2)CC1. The molecule has 1 N–H and O–H groups in total. The molecule has 0 bridgehead atoms. The van der Waals surface area contributed by atoms with Crippen LogP contribution in [-0.4, -0.2) is 60.7 Å². The third-order valence-electron chi connectivity index (χ3n) is 4.23. The molecule has 0 atom stereocenters. The van der Waals surface area contributed by atoms with Crippen LogP contribution in [0, 0.1) is 0 Å². The number of anilines is 3. The number of amides is 1. The molecular formula is C17H19N5O3. The Morgan fingerprint density at radius 3 is 2.64 bits per heavy atom. The Balaban J connectivity index is 1.47. The van der Waals surface area contributed by atoms with Gasteiger partial charge in [0.05, 0.1) is 0 Å². The number of piperazine rings is 1. The smallest absolute Gasteiger partial charge is 0.229 e. The van der Waals surface area contributed by atoms with E-state index in [1.807, 2.05) is 24.3 Å². The molecule has 8 nitrogen and oxygen atoms in total. The van der Waals surface area contributed by atoms with E-state index < -0.39 is 0 Å². The van der Waals surface area contributed by atoms with E-state index in [1.54, 1.807) is 11.1 Å². The van der Waals surface area contributed by atoms with Gasteiger partial charge >= 0.3 is 0 Å². The van der Waals surface area contributed by atoms with Crippen molar-refractivity contribution in [2.75, 3.05) is 49.6 Å². The zero-order valence-electron chi connectivity index (χ0n) is 13.7. The lowest BCUT2D eigenvalue weighted by Gasteiger charge is -2.33. The number of benzene rings is 1. The van der Waals surface area contributed by atoms with Gasteiger partial charge in [0.1, 0.15) is 19.0 Å². The summed E-state index contributed by atoms with van der Waals surface area (Å²) in [6.07, 6.45) is 2.63. The molecule has 0 spiro atoms. The molecule has 25 heavy (non-hydrogen) atoms. The Morgan fingerprint density at radius 2 is 1.84 bits per heavy atom. The average molecular weight is 341 g/mol. The minimum Gasteiger partial charge on any atom is -0.486 e.